The highest BCUT2D eigenvalue weighted by atomic mass is 32.1. The van der Waals surface area contributed by atoms with Crippen LogP contribution in [0, 0.1) is 10.1 Å². The predicted molar refractivity (Wildman–Crippen MR) is 90.3 cm³/mol. The number of nitrogens with one attached hydrogen (secondary N) is 1. The molecule has 1 N–H and O–H groups in total. The molecule has 1 heterocycles. The lowest BCUT2D eigenvalue weighted by Gasteiger charge is -2.27. The lowest BCUT2D eigenvalue weighted by Crippen LogP contribution is -2.53. The van der Waals surface area contributed by atoms with Crippen molar-refractivity contribution in [2.45, 2.75) is 0 Å². The number of nitro benzene ring substituents is 1. The molecule has 9 heteroatoms. The third-order valence-electron chi connectivity index (χ3n) is 3.21. The molecule has 1 aliphatic heterocycles. The second-order valence-electron chi connectivity index (χ2n) is 4.71. The Balaban J connectivity index is 2.45. The molecule has 0 bridgehead atoms. The van der Waals surface area contributed by atoms with Gasteiger partial charge in [-0.3, -0.25) is 29.9 Å². The van der Waals surface area contributed by atoms with Crippen molar-refractivity contribution in [3.63, 3.8) is 0 Å². The van der Waals surface area contributed by atoms with Gasteiger partial charge in [-0.1, -0.05) is 12.1 Å². The van der Waals surface area contributed by atoms with Crippen LogP contribution in [0.1, 0.15) is 5.56 Å². The smallest absolute Gasteiger partial charge is 0.311 e. The van der Waals surface area contributed by atoms with Gasteiger partial charge in [-0.2, -0.15) is 0 Å². The molecule has 2 rings (SSSR count). The molecule has 0 saturated carbocycles. The highest BCUT2D eigenvalue weighted by Gasteiger charge is 2.32. The zero-order valence-electron chi connectivity index (χ0n) is 12.6. The van der Waals surface area contributed by atoms with E-state index >= 15 is 0 Å². The summed E-state index contributed by atoms with van der Waals surface area (Å²) in [7, 11) is 1.31. The van der Waals surface area contributed by atoms with Gasteiger partial charge < -0.3 is 4.74 Å². The first-order valence-corrected chi connectivity index (χ1v) is 7.12. The summed E-state index contributed by atoms with van der Waals surface area (Å²) in [6, 6.07) is 4.11. The third kappa shape index (κ3) is 3.30. The van der Waals surface area contributed by atoms with Crippen molar-refractivity contribution >= 4 is 40.9 Å². The van der Waals surface area contributed by atoms with Gasteiger partial charge in [-0.25, -0.2) is 0 Å². The van der Waals surface area contributed by atoms with E-state index in [2.05, 4.69) is 11.9 Å². The largest absolute Gasteiger partial charge is 0.490 e. The van der Waals surface area contributed by atoms with Gasteiger partial charge in [-0.15, -0.1) is 6.58 Å². The van der Waals surface area contributed by atoms with Gasteiger partial charge in [0.2, 0.25) is 0 Å². The third-order valence-corrected chi connectivity index (χ3v) is 3.53. The van der Waals surface area contributed by atoms with Crippen LogP contribution in [-0.2, 0) is 9.59 Å². The van der Waals surface area contributed by atoms with E-state index in [1.54, 1.807) is 0 Å². The quantitative estimate of drug-likeness (QED) is 0.216. The number of thiocarbonyl (C=S) groups is 1. The minimum absolute atomic E-state index is 0.0113. The van der Waals surface area contributed by atoms with Crippen molar-refractivity contribution in [2.75, 3.05) is 13.7 Å². The Morgan fingerprint density at radius 3 is 2.75 bits per heavy atom. The van der Waals surface area contributed by atoms with E-state index in [1.807, 2.05) is 0 Å². The molecular formula is C15H13N3O5S. The van der Waals surface area contributed by atoms with Crippen LogP contribution in [0.5, 0.6) is 5.75 Å². The Bertz CT molecular complexity index is 787. The van der Waals surface area contributed by atoms with Gasteiger partial charge in [0.1, 0.15) is 5.57 Å². The van der Waals surface area contributed by atoms with Gasteiger partial charge in [0, 0.05) is 12.6 Å². The Labute approximate surface area is 142 Å². The fraction of sp³-hybridized carbons (Fsp3) is 0.133. The van der Waals surface area contributed by atoms with Crippen LogP contribution < -0.4 is 10.1 Å². The van der Waals surface area contributed by atoms with Crippen LogP contribution >= 0.6 is 12.2 Å². The number of hydrogen-bond donors (Lipinski definition) is 1. The summed E-state index contributed by atoms with van der Waals surface area (Å²) in [5, 5.41) is 13.4. The number of nitrogens with zero attached hydrogens (tertiary/aromatic N) is 2. The molecular weight excluding hydrogens is 334 g/mol. The average molecular weight is 347 g/mol. The van der Waals surface area contributed by atoms with Gasteiger partial charge in [-0.05, 0) is 29.9 Å². The summed E-state index contributed by atoms with van der Waals surface area (Å²) in [6.07, 6.45) is 2.74. The zero-order valence-corrected chi connectivity index (χ0v) is 13.5. The summed E-state index contributed by atoms with van der Waals surface area (Å²) in [4.78, 5) is 36.0. The van der Waals surface area contributed by atoms with Crippen molar-refractivity contribution in [1.82, 2.24) is 10.2 Å². The summed E-state index contributed by atoms with van der Waals surface area (Å²) >= 11 is 4.94. The molecule has 0 atom stereocenters. The van der Waals surface area contributed by atoms with Crippen LogP contribution in [0.15, 0.2) is 36.4 Å². The molecule has 0 spiro atoms. The summed E-state index contributed by atoms with van der Waals surface area (Å²) < 4.78 is 4.91. The molecule has 1 saturated heterocycles. The number of carbonyl (C=O) groups is 2. The minimum atomic E-state index is -0.663. The molecule has 124 valence electrons. The van der Waals surface area contributed by atoms with E-state index in [0.717, 1.165) is 0 Å². The second kappa shape index (κ2) is 7.01. The Hall–Kier alpha value is -3.07. The van der Waals surface area contributed by atoms with Crippen LogP contribution in [0.4, 0.5) is 5.69 Å². The van der Waals surface area contributed by atoms with Gasteiger partial charge in [0.25, 0.3) is 11.8 Å². The SMILES string of the molecule is C=CCN1C(=O)C(=Cc2ccc(OC)c([N+](=O)[O-])c2)C(=O)NC1=S. The van der Waals surface area contributed by atoms with Crippen molar-refractivity contribution in [3.8, 4) is 5.75 Å². The van der Waals surface area contributed by atoms with Crippen LogP contribution in [-0.4, -0.2) is 40.4 Å². The first-order valence-electron chi connectivity index (χ1n) is 6.71. The molecule has 1 fully saturated rings. The maximum atomic E-state index is 12.4. The molecule has 2 amide bonds. The predicted octanol–water partition coefficient (Wildman–Crippen LogP) is 1.42. The number of carbonyl (C=O) groups excluding carboxylic acids is 2. The summed E-state index contributed by atoms with van der Waals surface area (Å²) in [6.45, 7) is 3.66. The fourth-order valence-corrected chi connectivity index (χ4v) is 2.35. The van der Waals surface area contributed by atoms with E-state index in [9.17, 15) is 19.7 Å². The first-order chi connectivity index (χ1) is 11.4. The molecule has 0 aromatic heterocycles. The average Bonchev–Trinajstić information content (AvgIpc) is 2.55. The van der Waals surface area contributed by atoms with E-state index < -0.39 is 16.7 Å². The highest BCUT2D eigenvalue weighted by Crippen LogP contribution is 2.28. The first kappa shape index (κ1) is 17.3. The molecule has 0 radical (unpaired) electrons. The summed E-state index contributed by atoms with van der Waals surface area (Å²) in [5.74, 6) is -1.18. The minimum Gasteiger partial charge on any atom is -0.490 e. The maximum Gasteiger partial charge on any atom is 0.311 e. The zero-order chi connectivity index (χ0) is 17.9. The summed E-state index contributed by atoms with van der Waals surface area (Å²) in [5.41, 5.74) is -0.133. The fourth-order valence-electron chi connectivity index (χ4n) is 2.10. The molecule has 0 unspecified atom stereocenters. The van der Waals surface area contributed by atoms with E-state index in [1.165, 1.54) is 42.4 Å². The number of ether oxygens (including phenoxy) is 1. The Morgan fingerprint density at radius 2 is 2.17 bits per heavy atom. The maximum absolute atomic E-state index is 12.4. The van der Waals surface area contributed by atoms with E-state index in [4.69, 9.17) is 17.0 Å². The molecule has 24 heavy (non-hydrogen) atoms. The van der Waals surface area contributed by atoms with Crippen LogP contribution in [0.25, 0.3) is 6.08 Å². The van der Waals surface area contributed by atoms with Crippen LogP contribution in [0.3, 0.4) is 0 Å². The van der Waals surface area contributed by atoms with Gasteiger partial charge in [0.15, 0.2) is 10.9 Å². The number of methoxy groups -OCH3 is 1. The second-order valence-corrected chi connectivity index (χ2v) is 5.10. The number of rotatable bonds is 5. The monoisotopic (exact) mass is 347 g/mol. The van der Waals surface area contributed by atoms with Crippen molar-refractivity contribution < 1.29 is 19.2 Å². The number of hydrogen-bond acceptors (Lipinski definition) is 6. The molecule has 1 aliphatic rings. The number of benzene rings is 1. The van der Waals surface area contributed by atoms with E-state index in [0.29, 0.717) is 5.56 Å². The Kier molecular flexibility index (Phi) is 5.05. The number of amides is 2. The highest BCUT2D eigenvalue weighted by molar-refractivity contribution is 7.80. The Morgan fingerprint density at radius 1 is 1.46 bits per heavy atom. The lowest BCUT2D eigenvalue weighted by atomic mass is 10.1. The van der Waals surface area contributed by atoms with Crippen LogP contribution in [0.2, 0.25) is 0 Å². The van der Waals surface area contributed by atoms with E-state index in [-0.39, 0.29) is 28.7 Å². The van der Waals surface area contributed by atoms with Crippen molar-refractivity contribution in [2.24, 2.45) is 0 Å². The molecule has 1 aromatic rings. The lowest BCUT2D eigenvalue weighted by molar-refractivity contribution is -0.385. The topological polar surface area (TPSA) is 102 Å². The standard InChI is InChI=1S/C15H13N3O5S/c1-3-6-17-14(20)10(13(19)16-15(17)24)7-9-4-5-12(23-2)11(8-9)18(21)22/h3-5,7-8H,1,6H2,2H3,(H,16,19,24). The molecule has 0 aliphatic carbocycles. The van der Waals surface area contributed by atoms with Crippen molar-refractivity contribution in [1.29, 1.82) is 0 Å². The number of nitro groups is 1. The molecule has 1 aromatic carbocycles. The van der Waals surface area contributed by atoms with Gasteiger partial charge in [0.05, 0.1) is 12.0 Å². The van der Waals surface area contributed by atoms with Crippen molar-refractivity contribution in [3.05, 3.63) is 52.1 Å². The normalized spacial score (nSPS) is 16.1. The van der Waals surface area contributed by atoms with Gasteiger partial charge >= 0.3 is 5.69 Å². The molecule has 8 nitrogen and oxygen atoms in total.